The molecule has 2 aromatic carbocycles. The van der Waals surface area contributed by atoms with E-state index >= 15 is 0 Å². The molecule has 0 unspecified atom stereocenters. The molecule has 0 atom stereocenters. The summed E-state index contributed by atoms with van der Waals surface area (Å²) in [5, 5.41) is 3.89. The number of ether oxygens (including phenoxy) is 2. The van der Waals surface area contributed by atoms with E-state index in [-0.39, 0.29) is 18.3 Å². The first kappa shape index (κ1) is 19.9. The molecule has 0 radical (unpaired) electrons. The molecule has 7 heteroatoms. The number of furan rings is 1. The maximum absolute atomic E-state index is 11.8. The standard InChI is InChI=1S/C22H20N2O5/c1-15-5-8-19(12-16(15)2)28-14-21(25)24-23-13-17-6-9-18(10-7-17)29-22(26)20-4-3-11-27-20/h3-13H,14H2,1-2H3,(H,24,25). The van der Waals surface area contributed by atoms with Crippen molar-refractivity contribution in [3.63, 3.8) is 0 Å². The van der Waals surface area contributed by atoms with E-state index in [4.69, 9.17) is 13.9 Å². The minimum absolute atomic E-state index is 0.126. The molecular weight excluding hydrogens is 372 g/mol. The number of hydrogen-bond donors (Lipinski definition) is 1. The number of nitrogens with one attached hydrogen (secondary N) is 1. The predicted octanol–water partition coefficient (Wildman–Crippen LogP) is 3.64. The van der Waals surface area contributed by atoms with E-state index in [0.717, 1.165) is 16.7 Å². The van der Waals surface area contributed by atoms with Crippen molar-refractivity contribution in [2.75, 3.05) is 6.61 Å². The molecule has 0 fully saturated rings. The summed E-state index contributed by atoms with van der Waals surface area (Å²) >= 11 is 0. The Balaban J connectivity index is 1.45. The molecule has 1 aromatic heterocycles. The average Bonchev–Trinajstić information content (AvgIpc) is 3.25. The highest BCUT2D eigenvalue weighted by atomic mass is 16.5. The van der Waals surface area contributed by atoms with E-state index in [2.05, 4.69) is 10.5 Å². The summed E-state index contributed by atoms with van der Waals surface area (Å²) in [6.45, 7) is 3.85. The molecule has 0 aliphatic rings. The summed E-state index contributed by atoms with van der Waals surface area (Å²) in [6.07, 6.45) is 2.88. The summed E-state index contributed by atoms with van der Waals surface area (Å²) in [5.74, 6) is 0.179. The highest BCUT2D eigenvalue weighted by Crippen LogP contribution is 2.16. The monoisotopic (exact) mass is 392 g/mol. The Morgan fingerprint density at radius 2 is 1.79 bits per heavy atom. The SMILES string of the molecule is Cc1ccc(OCC(=O)NN=Cc2ccc(OC(=O)c3ccco3)cc2)cc1C. The summed E-state index contributed by atoms with van der Waals surface area (Å²) in [6, 6.07) is 15.4. The van der Waals surface area contributed by atoms with E-state index in [1.165, 1.54) is 18.5 Å². The quantitative estimate of drug-likeness (QED) is 0.287. The lowest BCUT2D eigenvalue weighted by molar-refractivity contribution is -0.123. The zero-order valence-corrected chi connectivity index (χ0v) is 16.0. The summed E-state index contributed by atoms with van der Waals surface area (Å²) in [5.41, 5.74) is 5.38. The van der Waals surface area contributed by atoms with Gasteiger partial charge in [0.25, 0.3) is 5.91 Å². The number of esters is 1. The maximum atomic E-state index is 11.8. The van der Waals surface area contributed by atoms with Crippen LogP contribution in [-0.4, -0.2) is 24.7 Å². The van der Waals surface area contributed by atoms with Gasteiger partial charge in [0.1, 0.15) is 11.5 Å². The Morgan fingerprint density at radius 3 is 2.48 bits per heavy atom. The van der Waals surface area contributed by atoms with Crippen LogP contribution in [0.25, 0.3) is 0 Å². The Bertz CT molecular complexity index is 1010. The van der Waals surface area contributed by atoms with Gasteiger partial charge in [-0.15, -0.1) is 0 Å². The Labute approximate surface area is 167 Å². The number of amides is 1. The number of carbonyl (C=O) groups excluding carboxylic acids is 2. The molecular formula is C22H20N2O5. The van der Waals surface area contributed by atoms with Gasteiger partial charge in [-0.3, -0.25) is 4.79 Å². The third-order valence-corrected chi connectivity index (χ3v) is 4.06. The lowest BCUT2D eigenvalue weighted by atomic mass is 10.1. The van der Waals surface area contributed by atoms with Crippen LogP contribution in [0.1, 0.15) is 27.2 Å². The molecule has 29 heavy (non-hydrogen) atoms. The first-order valence-corrected chi connectivity index (χ1v) is 8.89. The second kappa shape index (κ2) is 9.36. The van der Waals surface area contributed by atoms with Gasteiger partial charge in [-0.1, -0.05) is 6.07 Å². The van der Waals surface area contributed by atoms with Crippen LogP contribution in [0.15, 0.2) is 70.4 Å². The number of carbonyl (C=O) groups is 2. The molecule has 3 rings (SSSR count). The van der Waals surface area contributed by atoms with Crippen molar-refractivity contribution in [1.82, 2.24) is 5.43 Å². The van der Waals surface area contributed by atoms with E-state index in [0.29, 0.717) is 11.5 Å². The third kappa shape index (κ3) is 5.80. The van der Waals surface area contributed by atoms with Crippen LogP contribution in [-0.2, 0) is 4.79 Å². The molecule has 1 N–H and O–H groups in total. The van der Waals surface area contributed by atoms with Crippen molar-refractivity contribution in [2.24, 2.45) is 5.10 Å². The van der Waals surface area contributed by atoms with Crippen LogP contribution in [0.4, 0.5) is 0 Å². The molecule has 3 aromatic rings. The summed E-state index contributed by atoms with van der Waals surface area (Å²) in [4.78, 5) is 23.6. The van der Waals surface area contributed by atoms with Gasteiger partial charge in [-0.2, -0.15) is 5.10 Å². The lowest BCUT2D eigenvalue weighted by Gasteiger charge is -2.07. The number of aryl methyl sites for hydroxylation is 2. The Hall–Kier alpha value is -3.87. The van der Waals surface area contributed by atoms with Gasteiger partial charge >= 0.3 is 5.97 Å². The Kier molecular flexibility index (Phi) is 6.42. The van der Waals surface area contributed by atoms with Gasteiger partial charge in [0, 0.05) is 0 Å². The van der Waals surface area contributed by atoms with Gasteiger partial charge in [0.05, 0.1) is 12.5 Å². The van der Waals surface area contributed by atoms with Gasteiger partial charge in [0.15, 0.2) is 6.61 Å². The van der Waals surface area contributed by atoms with Crippen molar-refractivity contribution in [1.29, 1.82) is 0 Å². The molecule has 0 aliphatic carbocycles. The van der Waals surface area contributed by atoms with Gasteiger partial charge in [0.2, 0.25) is 5.76 Å². The minimum atomic E-state index is -0.576. The fourth-order valence-corrected chi connectivity index (χ4v) is 2.34. The third-order valence-electron chi connectivity index (χ3n) is 4.06. The van der Waals surface area contributed by atoms with E-state index in [9.17, 15) is 9.59 Å². The summed E-state index contributed by atoms with van der Waals surface area (Å²) < 4.78 is 15.6. The first-order chi connectivity index (χ1) is 14.0. The molecule has 0 bridgehead atoms. The number of hydrogen-bond acceptors (Lipinski definition) is 6. The largest absolute Gasteiger partial charge is 0.484 e. The Morgan fingerprint density at radius 1 is 1.03 bits per heavy atom. The van der Waals surface area contributed by atoms with Crippen LogP contribution in [0.2, 0.25) is 0 Å². The van der Waals surface area contributed by atoms with Crippen molar-refractivity contribution < 1.29 is 23.5 Å². The smallest absolute Gasteiger partial charge is 0.379 e. The number of rotatable bonds is 7. The first-order valence-electron chi connectivity index (χ1n) is 8.89. The normalized spacial score (nSPS) is 10.7. The zero-order chi connectivity index (χ0) is 20.6. The highest BCUT2D eigenvalue weighted by molar-refractivity contribution is 5.88. The second-order valence-electron chi connectivity index (χ2n) is 6.26. The lowest BCUT2D eigenvalue weighted by Crippen LogP contribution is -2.24. The van der Waals surface area contributed by atoms with E-state index in [1.54, 1.807) is 30.3 Å². The van der Waals surface area contributed by atoms with Crippen molar-refractivity contribution in [3.8, 4) is 11.5 Å². The molecule has 0 spiro atoms. The maximum Gasteiger partial charge on any atom is 0.379 e. The van der Waals surface area contributed by atoms with Crippen LogP contribution in [0.3, 0.4) is 0 Å². The fourth-order valence-electron chi connectivity index (χ4n) is 2.34. The number of nitrogens with zero attached hydrogens (tertiary/aromatic N) is 1. The molecule has 7 nitrogen and oxygen atoms in total. The van der Waals surface area contributed by atoms with Gasteiger partial charge < -0.3 is 13.9 Å². The van der Waals surface area contributed by atoms with Crippen LogP contribution < -0.4 is 14.9 Å². The fraction of sp³-hybridized carbons (Fsp3) is 0.136. The number of hydrazone groups is 1. The minimum Gasteiger partial charge on any atom is -0.484 e. The summed E-state index contributed by atoms with van der Waals surface area (Å²) in [7, 11) is 0. The highest BCUT2D eigenvalue weighted by Gasteiger charge is 2.10. The van der Waals surface area contributed by atoms with Crippen molar-refractivity contribution >= 4 is 18.1 Å². The second-order valence-corrected chi connectivity index (χ2v) is 6.26. The molecule has 0 aliphatic heterocycles. The molecule has 0 saturated heterocycles. The number of benzene rings is 2. The van der Waals surface area contributed by atoms with Crippen LogP contribution in [0.5, 0.6) is 11.5 Å². The van der Waals surface area contributed by atoms with Crippen LogP contribution >= 0.6 is 0 Å². The average molecular weight is 392 g/mol. The zero-order valence-electron chi connectivity index (χ0n) is 16.0. The molecule has 1 heterocycles. The molecule has 148 valence electrons. The van der Waals surface area contributed by atoms with Crippen molar-refractivity contribution in [2.45, 2.75) is 13.8 Å². The molecule has 0 saturated carbocycles. The van der Waals surface area contributed by atoms with Crippen LogP contribution in [0, 0.1) is 13.8 Å². The van der Waals surface area contributed by atoms with E-state index in [1.807, 2.05) is 32.0 Å². The molecule has 1 amide bonds. The van der Waals surface area contributed by atoms with Gasteiger partial charge in [-0.25, -0.2) is 10.2 Å². The topological polar surface area (TPSA) is 90.1 Å². The van der Waals surface area contributed by atoms with Gasteiger partial charge in [-0.05, 0) is 79.1 Å². The predicted molar refractivity (Wildman–Crippen MR) is 107 cm³/mol. The van der Waals surface area contributed by atoms with E-state index < -0.39 is 5.97 Å². The van der Waals surface area contributed by atoms with Crippen molar-refractivity contribution in [3.05, 3.63) is 83.3 Å².